The number of alkyl halides is 1. The molecule has 0 fully saturated rings. The molecule has 0 aromatic rings. The fraction of sp³-hybridized carbons (Fsp3) is 0.857. The van der Waals surface area contributed by atoms with E-state index in [2.05, 4.69) is 20.7 Å². The van der Waals surface area contributed by atoms with Crippen LogP contribution in [0.25, 0.3) is 0 Å². The molecule has 0 radical (unpaired) electrons. The van der Waals surface area contributed by atoms with Crippen molar-refractivity contribution in [2.45, 2.75) is 24.8 Å². The number of halogens is 1. The Balaban J connectivity index is 4.01. The number of aliphatic hydroxyl groups excluding tert-OH is 1. The van der Waals surface area contributed by atoms with Gasteiger partial charge in [-0.05, 0) is 5.92 Å². The number of hydrogen-bond acceptors (Lipinski definition) is 3. The quantitative estimate of drug-likeness (QED) is 0.574. The third-order valence-electron chi connectivity index (χ3n) is 1.41. The molecule has 0 aromatic carbocycles. The molecule has 0 unspecified atom stereocenters. The molecule has 0 amide bonds. The first-order chi connectivity index (χ1) is 5.00. The molecule has 11 heavy (non-hydrogen) atoms. The van der Waals surface area contributed by atoms with Crippen LogP contribution in [-0.2, 0) is 9.53 Å². The fourth-order valence-corrected chi connectivity index (χ4v) is 1.39. The molecule has 0 rings (SSSR count). The van der Waals surface area contributed by atoms with Crippen LogP contribution in [0.2, 0.25) is 0 Å². The second-order valence-corrected chi connectivity index (χ2v) is 3.65. The van der Waals surface area contributed by atoms with E-state index in [0.717, 1.165) is 0 Å². The average molecular weight is 225 g/mol. The summed E-state index contributed by atoms with van der Waals surface area (Å²) in [6, 6.07) is 0. The first-order valence-corrected chi connectivity index (χ1v) is 4.32. The number of rotatable bonds is 3. The molecule has 0 spiro atoms. The normalized spacial score (nSPS) is 16.2. The lowest BCUT2D eigenvalue weighted by molar-refractivity contribution is -0.142. The second-order valence-electron chi connectivity index (χ2n) is 2.66. The molecule has 0 aromatic heterocycles. The van der Waals surface area contributed by atoms with Crippen LogP contribution in [0.5, 0.6) is 0 Å². The summed E-state index contributed by atoms with van der Waals surface area (Å²) in [4.78, 5) is 10.2. The predicted molar refractivity (Wildman–Crippen MR) is 45.6 cm³/mol. The van der Waals surface area contributed by atoms with Crippen molar-refractivity contribution in [1.29, 1.82) is 0 Å². The molecule has 0 aliphatic carbocycles. The first-order valence-electron chi connectivity index (χ1n) is 3.40. The molecule has 0 heterocycles. The van der Waals surface area contributed by atoms with Crippen molar-refractivity contribution in [1.82, 2.24) is 0 Å². The van der Waals surface area contributed by atoms with E-state index < -0.39 is 16.9 Å². The Labute approximate surface area is 74.9 Å². The zero-order chi connectivity index (χ0) is 9.02. The van der Waals surface area contributed by atoms with Crippen LogP contribution in [-0.4, -0.2) is 29.1 Å². The summed E-state index contributed by atoms with van der Waals surface area (Å²) in [7, 11) is 1.30. The Morgan fingerprint density at radius 1 is 1.55 bits per heavy atom. The molecule has 0 aliphatic rings. The highest BCUT2D eigenvalue weighted by Crippen LogP contribution is 2.14. The van der Waals surface area contributed by atoms with E-state index in [1.165, 1.54) is 7.11 Å². The van der Waals surface area contributed by atoms with Gasteiger partial charge in [0.05, 0.1) is 13.2 Å². The topological polar surface area (TPSA) is 46.5 Å². The average Bonchev–Trinajstić information content (AvgIpc) is 2.00. The summed E-state index contributed by atoms with van der Waals surface area (Å²) in [5.41, 5.74) is 0. The number of methoxy groups -OCH3 is 1. The first kappa shape index (κ1) is 10.9. The van der Waals surface area contributed by atoms with Crippen molar-refractivity contribution < 1.29 is 14.6 Å². The van der Waals surface area contributed by atoms with Crippen LogP contribution in [0.1, 0.15) is 13.8 Å². The minimum Gasteiger partial charge on any atom is -0.468 e. The number of esters is 1. The van der Waals surface area contributed by atoms with Crippen LogP contribution in [0, 0.1) is 5.92 Å². The van der Waals surface area contributed by atoms with Crippen LogP contribution in [0.3, 0.4) is 0 Å². The van der Waals surface area contributed by atoms with E-state index in [1.807, 2.05) is 13.8 Å². The summed E-state index contributed by atoms with van der Waals surface area (Å²) in [6.45, 7) is 3.67. The molecule has 3 nitrogen and oxygen atoms in total. The molecule has 2 atom stereocenters. The molecule has 0 bridgehead atoms. The number of carbonyl (C=O) groups is 1. The van der Waals surface area contributed by atoms with Gasteiger partial charge in [0.1, 0.15) is 4.83 Å². The molecule has 66 valence electrons. The minimum absolute atomic E-state index is 0.0403. The van der Waals surface area contributed by atoms with Gasteiger partial charge in [0.2, 0.25) is 0 Å². The zero-order valence-corrected chi connectivity index (χ0v) is 8.46. The Hall–Kier alpha value is -0.0900. The standard InChI is InChI=1S/C7H13BrO3/c1-4(2)6(9)5(8)7(10)11-3/h4-6,9H,1-3H3/t5-,6+/m1/s1. The Bertz CT molecular complexity index is 136. The summed E-state index contributed by atoms with van der Waals surface area (Å²) < 4.78 is 4.44. The van der Waals surface area contributed by atoms with Gasteiger partial charge in [-0.25, -0.2) is 0 Å². The molecule has 1 N–H and O–H groups in total. The van der Waals surface area contributed by atoms with E-state index >= 15 is 0 Å². The maximum atomic E-state index is 10.8. The van der Waals surface area contributed by atoms with Crippen LogP contribution in [0.15, 0.2) is 0 Å². The zero-order valence-electron chi connectivity index (χ0n) is 6.87. The van der Waals surface area contributed by atoms with Gasteiger partial charge < -0.3 is 9.84 Å². The molecule has 0 saturated heterocycles. The summed E-state index contributed by atoms with van der Waals surface area (Å²) in [5, 5.41) is 9.35. The van der Waals surface area contributed by atoms with Gasteiger partial charge in [-0.3, -0.25) is 4.79 Å². The van der Waals surface area contributed by atoms with Gasteiger partial charge in [0.25, 0.3) is 0 Å². The smallest absolute Gasteiger partial charge is 0.322 e. The third kappa shape index (κ3) is 3.20. The summed E-state index contributed by atoms with van der Waals surface area (Å²) >= 11 is 3.04. The van der Waals surface area contributed by atoms with E-state index in [9.17, 15) is 9.90 Å². The Morgan fingerprint density at radius 2 is 2.00 bits per heavy atom. The molecular formula is C7H13BrO3. The summed E-state index contributed by atoms with van der Waals surface area (Å²) in [6.07, 6.45) is -0.692. The maximum Gasteiger partial charge on any atom is 0.322 e. The number of carbonyl (C=O) groups excluding carboxylic acids is 1. The lowest BCUT2D eigenvalue weighted by Crippen LogP contribution is -2.33. The van der Waals surface area contributed by atoms with E-state index in [1.54, 1.807) is 0 Å². The van der Waals surface area contributed by atoms with Gasteiger partial charge in [0, 0.05) is 0 Å². The number of aliphatic hydroxyl groups is 1. The lowest BCUT2D eigenvalue weighted by Gasteiger charge is -2.18. The third-order valence-corrected chi connectivity index (χ3v) is 2.32. The lowest BCUT2D eigenvalue weighted by atomic mass is 10.0. The molecule has 0 aliphatic heterocycles. The Kier molecular flexibility index (Phi) is 4.68. The van der Waals surface area contributed by atoms with E-state index in [0.29, 0.717) is 0 Å². The second kappa shape index (κ2) is 4.72. The van der Waals surface area contributed by atoms with Crippen molar-refractivity contribution in [3.8, 4) is 0 Å². The van der Waals surface area contributed by atoms with Gasteiger partial charge in [0.15, 0.2) is 0 Å². The highest BCUT2D eigenvalue weighted by atomic mass is 79.9. The maximum absolute atomic E-state index is 10.8. The highest BCUT2D eigenvalue weighted by Gasteiger charge is 2.26. The largest absolute Gasteiger partial charge is 0.468 e. The van der Waals surface area contributed by atoms with Crippen molar-refractivity contribution >= 4 is 21.9 Å². The highest BCUT2D eigenvalue weighted by molar-refractivity contribution is 9.10. The van der Waals surface area contributed by atoms with Crippen LogP contribution >= 0.6 is 15.9 Å². The van der Waals surface area contributed by atoms with Crippen LogP contribution in [0.4, 0.5) is 0 Å². The molecular weight excluding hydrogens is 212 g/mol. The van der Waals surface area contributed by atoms with E-state index in [-0.39, 0.29) is 5.92 Å². The Morgan fingerprint density at radius 3 is 2.27 bits per heavy atom. The van der Waals surface area contributed by atoms with Crippen molar-refractivity contribution in [2.24, 2.45) is 5.92 Å². The van der Waals surface area contributed by atoms with Gasteiger partial charge in [-0.15, -0.1) is 0 Å². The molecule has 0 saturated carbocycles. The van der Waals surface area contributed by atoms with Crippen molar-refractivity contribution in [3.63, 3.8) is 0 Å². The van der Waals surface area contributed by atoms with Crippen molar-refractivity contribution in [2.75, 3.05) is 7.11 Å². The number of ether oxygens (including phenoxy) is 1. The van der Waals surface area contributed by atoms with E-state index in [4.69, 9.17) is 0 Å². The minimum atomic E-state index is -0.692. The van der Waals surface area contributed by atoms with Gasteiger partial charge in [-0.1, -0.05) is 29.8 Å². The van der Waals surface area contributed by atoms with Gasteiger partial charge >= 0.3 is 5.97 Å². The predicted octanol–water partition coefficient (Wildman–Crippen LogP) is 0.940. The van der Waals surface area contributed by atoms with Gasteiger partial charge in [-0.2, -0.15) is 0 Å². The van der Waals surface area contributed by atoms with Crippen molar-refractivity contribution in [3.05, 3.63) is 0 Å². The number of hydrogen-bond donors (Lipinski definition) is 1. The fourth-order valence-electron chi connectivity index (χ4n) is 0.590. The SMILES string of the molecule is COC(=O)[C@H](Br)[C@@H](O)C(C)C. The van der Waals surface area contributed by atoms with Crippen LogP contribution < -0.4 is 0 Å². The molecule has 4 heteroatoms. The monoisotopic (exact) mass is 224 g/mol. The summed E-state index contributed by atoms with van der Waals surface area (Å²) in [5.74, 6) is -0.398.